The minimum absolute atomic E-state index is 0.194. The van der Waals surface area contributed by atoms with E-state index in [0.717, 1.165) is 22.7 Å². The zero-order valence-corrected chi connectivity index (χ0v) is 16.4. The average molecular weight is 384 g/mol. The number of aryl methyl sites for hydroxylation is 1. The topological polar surface area (TPSA) is 70.4 Å². The van der Waals surface area contributed by atoms with Crippen LogP contribution in [0.1, 0.15) is 32.2 Å². The standard InChI is InChI=1S/C20H20N2O4S/c1-12-9-16(13(2)22(12)3)18(23)10-26-20(24)17-11-27-19(21-17)14-5-7-15(25-4)8-6-14/h5-9,11H,10H2,1-4H3. The number of ether oxygens (including phenoxy) is 2. The molecule has 0 radical (unpaired) electrons. The lowest BCUT2D eigenvalue weighted by Gasteiger charge is -2.03. The third-order valence-electron chi connectivity index (χ3n) is 4.46. The number of rotatable bonds is 6. The number of hydrogen-bond acceptors (Lipinski definition) is 6. The number of hydrogen-bond donors (Lipinski definition) is 0. The summed E-state index contributed by atoms with van der Waals surface area (Å²) < 4.78 is 12.2. The first-order valence-corrected chi connectivity index (χ1v) is 9.22. The summed E-state index contributed by atoms with van der Waals surface area (Å²) in [4.78, 5) is 28.9. The number of aromatic nitrogens is 2. The third kappa shape index (κ3) is 3.93. The number of nitrogens with zero attached hydrogens (tertiary/aromatic N) is 2. The normalized spacial score (nSPS) is 10.7. The molecular formula is C20H20N2O4S. The molecule has 0 aliphatic heterocycles. The molecule has 0 spiro atoms. The molecule has 7 heteroatoms. The van der Waals surface area contributed by atoms with E-state index in [4.69, 9.17) is 9.47 Å². The number of carbonyl (C=O) groups is 2. The second-order valence-corrected chi connectivity index (χ2v) is 6.97. The molecular weight excluding hydrogens is 364 g/mol. The van der Waals surface area contributed by atoms with Crippen LogP contribution in [-0.4, -0.2) is 35.0 Å². The van der Waals surface area contributed by atoms with Gasteiger partial charge >= 0.3 is 5.97 Å². The maximum Gasteiger partial charge on any atom is 0.358 e. The molecule has 2 aromatic heterocycles. The van der Waals surface area contributed by atoms with E-state index in [1.165, 1.54) is 11.3 Å². The molecule has 0 saturated carbocycles. The van der Waals surface area contributed by atoms with E-state index in [2.05, 4.69) is 4.98 Å². The molecule has 2 heterocycles. The lowest BCUT2D eigenvalue weighted by atomic mass is 10.1. The molecule has 0 atom stereocenters. The summed E-state index contributed by atoms with van der Waals surface area (Å²) in [6.07, 6.45) is 0. The predicted octanol–water partition coefficient (Wildman–Crippen LogP) is 3.81. The van der Waals surface area contributed by atoms with Gasteiger partial charge < -0.3 is 14.0 Å². The van der Waals surface area contributed by atoms with E-state index in [9.17, 15) is 9.59 Å². The van der Waals surface area contributed by atoms with E-state index in [1.54, 1.807) is 18.6 Å². The van der Waals surface area contributed by atoms with Gasteiger partial charge in [-0.1, -0.05) is 0 Å². The van der Waals surface area contributed by atoms with Gasteiger partial charge in [-0.2, -0.15) is 0 Å². The number of carbonyl (C=O) groups excluding carboxylic acids is 2. The first-order valence-electron chi connectivity index (χ1n) is 8.34. The molecule has 0 aliphatic rings. The fraction of sp³-hybridized carbons (Fsp3) is 0.250. The van der Waals surface area contributed by atoms with Crippen molar-refractivity contribution in [1.29, 1.82) is 0 Å². The van der Waals surface area contributed by atoms with Gasteiger partial charge in [-0.15, -0.1) is 11.3 Å². The van der Waals surface area contributed by atoms with Gasteiger partial charge in [0, 0.05) is 34.9 Å². The minimum atomic E-state index is -0.607. The highest BCUT2D eigenvalue weighted by Gasteiger charge is 2.18. The van der Waals surface area contributed by atoms with Gasteiger partial charge in [-0.25, -0.2) is 9.78 Å². The largest absolute Gasteiger partial charge is 0.497 e. The van der Waals surface area contributed by atoms with Gasteiger partial charge in [0.2, 0.25) is 5.78 Å². The molecule has 3 rings (SSSR count). The van der Waals surface area contributed by atoms with Crippen LogP contribution in [0.15, 0.2) is 35.7 Å². The van der Waals surface area contributed by atoms with Crippen LogP contribution in [0.3, 0.4) is 0 Å². The average Bonchev–Trinajstić information content (AvgIpc) is 3.27. The van der Waals surface area contributed by atoms with Crippen LogP contribution in [0.5, 0.6) is 5.75 Å². The van der Waals surface area contributed by atoms with E-state index >= 15 is 0 Å². The van der Waals surface area contributed by atoms with Crippen molar-refractivity contribution in [2.24, 2.45) is 7.05 Å². The summed E-state index contributed by atoms with van der Waals surface area (Å²) in [6, 6.07) is 9.21. The lowest BCUT2D eigenvalue weighted by molar-refractivity contribution is 0.0469. The maximum absolute atomic E-state index is 12.3. The van der Waals surface area contributed by atoms with Gasteiger partial charge in [0.15, 0.2) is 12.3 Å². The van der Waals surface area contributed by atoms with Crippen LogP contribution in [-0.2, 0) is 11.8 Å². The second kappa shape index (κ2) is 7.75. The van der Waals surface area contributed by atoms with E-state index in [1.807, 2.05) is 49.7 Å². The molecule has 27 heavy (non-hydrogen) atoms. The summed E-state index contributed by atoms with van der Waals surface area (Å²) in [5, 5.41) is 2.33. The number of benzene rings is 1. The fourth-order valence-electron chi connectivity index (χ4n) is 2.65. The molecule has 0 unspecified atom stereocenters. The number of Topliss-reactive ketones (excluding diaryl/α,β-unsaturated/α-hetero) is 1. The molecule has 0 bridgehead atoms. The molecule has 0 N–H and O–H groups in total. The maximum atomic E-state index is 12.3. The Morgan fingerprint density at radius 2 is 1.89 bits per heavy atom. The first kappa shape index (κ1) is 18.8. The highest BCUT2D eigenvalue weighted by Crippen LogP contribution is 2.26. The molecule has 6 nitrogen and oxygen atoms in total. The smallest absolute Gasteiger partial charge is 0.358 e. The Labute approximate surface area is 161 Å². The molecule has 1 aromatic carbocycles. The van der Waals surface area contributed by atoms with Crippen LogP contribution in [0.4, 0.5) is 0 Å². The summed E-state index contributed by atoms with van der Waals surface area (Å²) in [5.41, 5.74) is 3.47. The molecule has 140 valence electrons. The van der Waals surface area contributed by atoms with Gasteiger partial charge in [0.05, 0.1) is 7.11 Å². The Kier molecular flexibility index (Phi) is 5.41. The summed E-state index contributed by atoms with van der Waals surface area (Å²) in [7, 11) is 3.50. The van der Waals surface area contributed by atoms with Crippen LogP contribution >= 0.6 is 11.3 Å². The van der Waals surface area contributed by atoms with E-state index in [-0.39, 0.29) is 18.1 Å². The van der Waals surface area contributed by atoms with Crippen LogP contribution < -0.4 is 4.74 Å². The van der Waals surface area contributed by atoms with E-state index in [0.29, 0.717) is 10.6 Å². The van der Waals surface area contributed by atoms with Crippen molar-refractivity contribution in [3.05, 3.63) is 58.4 Å². The Morgan fingerprint density at radius 1 is 1.19 bits per heavy atom. The monoisotopic (exact) mass is 384 g/mol. The van der Waals surface area contributed by atoms with Crippen molar-refractivity contribution >= 4 is 23.1 Å². The Morgan fingerprint density at radius 3 is 2.48 bits per heavy atom. The number of ketones is 1. The quantitative estimate of drug-likeness (QED) is 0.477. The third-order valence-corrected chi connectivity index (χ3v) is 5.35. The van der Waals surface area contributed by atoms with Crippen LogP contribution in [0.25, 0.3) is 10.6 Å². The van der Waals surface area contributed by atoms with Crippen molar-refractivity contribution in [1.82, 2.24) is 9.55 Å². The molecule has 0 amide bonds. The van der Waals surface area contributed by atoms with Crippen molar-refractivity contribution in [2.75, 3.05) is 13.7 Å². The SMILES string of the molecule is COc1ccc(-c2nc(C(=O)OCC(=O)c3cc(C)n(C)c3C)cs2)cc1. The Hall–Kier alpha value is -2.93. The fourth-order valence-corrected chi connectivity index (χ4v) is 3.45. The van der Waals surface area contributed by atoms with Gasteiger partial charge in [-0.3, -0.25) is 4.79 Å². The van der Waals surface area contributed by atoms with Crippen molar-refractivity contribution in [3.8, 4) is 16.3 Å². The predicted molar refractivity (Wildman–Crippen MR) is 104 cm³/mol. The summed E-state index contributed by atoms with van der Waals surface area (Å²) in [6.45, 7) is 3.48. The van der Waals surface area contributed by atoms with Crippen molar-refractivity contribution in [3.63, 3.8) is 0 Å². The zero-order valence-electron chi connectivity index (χ0n) is 15.6. The van der Waals surface area contributed by atoms with E-state index < -0.39 is 5.97 Å². The minimum Gasteiger partial charge on any atom is -0.497 e. The Balaban J connectivity index is 1.65. The summed E-state index contributed by atoms with van der Waals surface area (Å²) in [5.74, 6) is -0.0836. The number of thiazole rings is 1. The molecule has 3 aromatic rings. The van der Waals surface area contributed by atoms with Crippen LogP contribution in [0.2, 0.25) is 0 Å². The number of esters is 1. The first-order chi connectivity index (χ1) is 12.9. The number of methoxy groups -OCH3 is 1. The van der Waals surface area contributed by atoms with Crippen molar-refractivity contribution in [2.45, 2.75) is 13.8 Å². The molecule has 0 saturated heterocycles. The second-order valence-electron chi connectivity index (χ2n) is 6.11. The highest BCUT2D eigenvalue weighted by atomic mass is 32.1. The summed E-state index contributed by atoms with van der Waals surface area (Å²) >= 11 is 1.34. The highest BCUT2D eigenvalue weighted by molar-refractivity contribution is 7.13. The van der Waals surface area contributed by atoms with Gasteiger partial charge in [0.1, 0.15) is 10.8 Å². The zero-order chi connectivity index (χ0) is 19.6. The van der Waals surface area contributed by atoms with Gasteiger partial charge in [-0.05, 0) is 44.2 Å². The Bertz CT molecular complexity index is 986. The van der Waals surface area contributed by atoms with Crippen LogP contribution in [0, 0.1) is 13.8 Å². The van der Waals surface area contributed by atoms with Crippen molar-refractivity contribution < 1.29 is 19.1 Å². The molecule has 0 aliphatic carbocycles. The van der Waals surface area contributed by atoms with Gasteiger partial charge in [0.25, 0.3) is 0 Å². The molecule has 0 fully saturated rings. The lowest BCUT2D eigenvalue weighted by Crippen LogP contribution is -2.15.